The molecule has 0 amide bonds. The first kappa shape index (κ1) is 40.7. The van der Waals surface area contributed by atoms with Gasteiger partial charge in [-0.3, -0.25) is 0 Å². The highest BCUT2D eigenvalue weighted by atomic mass is 32.2. The van der Waals surface area contributed by atoms with Gasteiger partial charge < -0.3 is 19.6 Å². The van der Waals surface area contributed by atoms with E-state index in [1.165, 1.54) is 0 Å². The maximum atomic E-state index is 13.3. The van der Waals surface area contributed by atoms with Crippen LogP contribution in [0.5, 0.6) is 0 Å². The summed E-state index contributed by atoms with van der Waals surface area (Å²) in [4.78, 5) is 9.26. The number of hydrogen-bond acceptors (Lipinski definition) is 6. The molecule has 3 aliphatic rings. The molecule has 14 rings (SSSR count). The van der Waals surface area contributed by atoms with Gasteiger partial charge in [0.1, 0.15) is 10.7 Å². The fraction of sp³-hybridized carbons (Fsp3) is 0. The van der Waals surface area contributed by atoms with Crippen molar-refractivity contribution >= 4 is 100 Å². The van der Waals surface area contributed by atoms with Crippen molar-refractivity contribution in [3.05, 3.63) is 253 Å². The Morgan fingerprint density at radius 2 is 0.507 bits per heavy atom. The lowest BCUT2D eigenvalue weighted by molar-refractivity contribution is 0.599. The Kier molecular flexibility index (Phi) is 9.11. The number of para-hydroxylation sites is 10. The Balaban J connectivity index is 0.814. The zero-order valence-corrected chi connectivity index (χ0v) is 38.8. The van der Waals surface area contributed by atoms with E-state index in [0.29, 0.717) is 10.7 Å². The molecule has 0 fully saturated rings. The van der Waals surface area contributed by atoms with Gasteiger partial charge in [0.2, 0.25) is 0 Å². The molecule has 11 aromatic carbocycles. The number of hydrogen-bond donors (Lipinski definition) is 0. The molecule has 0 N–H and O–H groups in total. The van der Waals surface area contributed by atoms with Gasteiger partial charge in [-0.1, -0.05) is 133 Å². The van der Waals surface area contributed by atoms with Crippen LogP contribution in [0.15, 0.2) is 251 Å². The van der Waals surface area contributed by atoms with E-state index in [-0.39, 0.29) is 0 Å². The molecular formula is C62H40N6O2S. The summed E-state index contributed by atoms with van der Waals surface area (Å²) in [7, 11) is -4.09. The van der Waals surface area contributed by atoms with E-state index in [0.717, 1.165) is 112 Å². The summed E-state index contributed by atoms with van der Waals surface area (Å²) < 4.78 is 35.0. The minimum absolute atomic E-state index is 0.370. The van der Waals surface area contributed by atoms with Crippen molar-refractivity contribution in [3.63, 3.8) is 0 Å². The molecule has 9 heteroatoms. The van der Waals surface area contributed by atoms with E-state index in [2.05, 4.69) is 247 Å². The summed E-state index contributed by atoms with van der Waals surface area (Å²) in [5.74, 6) is 0. The molecule has 0 radical (unpaired) electrons. The molecule has 0 aromatic heterocycles. The number of benzene rings is 11. The van der Waals surface area contributed by atoms with E-state index in [1.54, 1.807) is 0 Å². The molecule has 11 aromatic rings. The summed E-state index contributed by atoms with van der Waals surface area (Å²) in [6.07, 6.45) is 0. The van der Waals surface area contributed by atoms with Gasteiger partial charge in [0, 0.05) is 33.5 Å². The first-order chi connectivity index (χ1) is 35.0. The standard InChI is InChI=1S/C62H40N6O2S/c69-71(70)63-61-51-39-43(41-27-33-47(34-28-41)67-57-23-11-7-19-53(57)65(45-15-3-1-4-16-45)54-20-8-12-24-58(54)67)31-37-49(51)50-38-32-44(40-52(50)62(61)64-71)42-29-35-48(36-30-42)68-59-25-13-9-21-55(59)66(46-17-5-2-6-18-46)56-22-10-14-26-60(56)68/h1-40H. The fourth-order valence-corrected chi connectivity index (χ4v) is 11.6. The highest BCUT2D eigenvalue weighted by Crippen LogP contribution is 2.55. The minimum atomic E-state index is -4.09. The Labute approximate surface area is 410 Å². The van der Waals surface area contributed by atoms with Gasteiger partial charge in [0.25, 0.3) is 0 Å². The molecule has 0 unspecified atom stereocenters. The third-order valence-electron chi connectivity index (χ3n) is 13.9. The Morgan fingerprint density at radius 3 is 0.803 bits per heavy atom. The van der Waals surface area contributed by atoms with Crippen LogP contribution in [0.4, 0.5) is 68.2 Å². The van der Waals surface area contributed by atoms with Crippen LogP contribution in [-0.2, 0) is 10.2 Å². The summed E-state index contributed by atoms with van der Waals surface area (Å²) in [6.45, 7) is 0. The zero-order chi connectivity index (χ0) is 47.2. The van der Waals surface area contributed by atoms with Crippen molar-refractivity contribution in [1.82, 2.24) is 0 Å². The van der Waals surface area contributed by atoms with Gasteiger partial charge in [-0.2, -0.15) is 8.42 Å². The van der Waals surface area contributed by atoms with Crippen molar-refractivity contribution in [2.24, 2.45) is 8.80 Å². The second kappa shape index (κ2) is 15.9. The normalized spacial score (nSPS) is 14.0. The van der Waals surface area contributed by atoms with Crippen LogP contribution in [0.25, 0.3) is 43.8 Å². The Morgan fingerprint density at radius 1 is 0.254 bits per heavy atom. The maximum Gasteiger partial charge on any atom is 0.364 e. The largest absolute Gasteiger partial charge is 0.364 e. The van der Waals surface area contributed by atoms with E-state index < -0.39 is 10.2 Å². The molecule has 0 spiro atoms. The first-order valence-electron chi connectivity index (χ1n) is 23.6. The van der Waals surface area contributed by atoms with Gasteiger partial charge >= 0.3 is 10.2 Å². The van der Waals surface area contributed by atoms with Gasteiger partial charge in [-0.25, -0.2) is 0 Å². The van der Waals surface area contributed by atoms with Crippen molar-refractivity contribution < 1.29 is 8.42 Å². The van der Waals surface area contributed by atoms with Gasteiger partial charge in [0.15, 0.2) is 0 Å². The SMILES string of the molecule is O=S1(=O)N=c2c(c3cc(-c4ccc(N5c6ccccc6N(c6ccccc6)c6ccccc65)cc4)ccc3c3ccc(-c4ccc(N5c6ccccc6N(c6ccccc6)c6ccccc65)cc4)cc23)=N1. The second-order valence-corrected chi connectivity index (χ2v) is 19.2. The predicted octanol–water partition coefficient (Wildman–Crippen LogP) is 15.3. The maximum absolute atomic E-state index is 13.3. The molecule has 0 bridgehead atoms. The van der Waals surface area contributed by atoms with Crippen LogP contribution in [-0.4, -0.2) is 8.42 Å². The lowest BCUT2D eigenvalue weighted by Gasteiger charge is -2.40. The zero-order valence-electron chi connectivity index (χ0n) is 38.0. The number of nitrogens with zero attached hydrogens (tertiary/aromatic N) is 6. The summed E-state index contributed by atoms with van der Waals surface area (Å²) >= 11 is 0. The molecule has 0 atom stereocenters. The Hall–Kier alpha value is -9.31. The molecule has 71 heavy (non-hydrogen) atoms. The average molecular weight is 933 g/mol. The van der Waals surface area contributed by atoms with Gasteiger partial charge in [-0.05, 0) is 142 Å². The van der Waals surface area contributed by atoms with Crippen molar-refractivity contribution in [3.8, 4) is 22.3 Å². The molecule has 0 saturated carbocycles. The minimum Gasteiger partial charge on any atom is -0.306 e. The van der Waals surface area contributed by atoms with Crippen molar-refractivity contribution in [2.75, 3.05) is 19.6 Å². The van der Waals surface area contributed by atoms with E-state index in [1.807, 2.05) is 24.3 Å². The van der Waals surface area contributed by atoms with Crippen molar-refractivity contribution in [2.45, 2.75) is 0 Å². The molecule has 336 valence electrons. The van der Waals surface area contributed by atoms with Crippen LogP contribution in [0.3, 0.4) is 0 Å². The Bertz CT molecular complexity index is 3850. The van der Waals surface area contributed by atoms with Gasteiger partial charge in [-0.15, -0.1) is 8.80 Å². The van der Waals surface area contributed by atoms with Crippen LogP contribution < -0.4 is 30.3 Å². The molecule has 0 saturated heterocycles. The lowest BCUT2D eigenvalue weighted by atomic mass is 9.94. The second-order valence-electron chi connectivity index (χ2n) is 17.9. The van der Waals surface area contributed by atoms with Crippen LogP contribution >= 0.6 is 0 Å². The number of rotatable bonds is 6. The van der Waals surface area contributed by atoms with Crippen LogP contribution in [0.1, 0.15) is 0 Å². The smallest absolute Gasteiger partial charge is 0.306 e. The molecule has 3 heterocycles. The first-order valence-corrected chi connectivity index (χ1v) is 25.0. The van der Waals surface area contributed by atoms with Crippen molar-refractivity contribution in [1.29, 1.82) is 0 Å². The highest BCUT2D eigenvalue weighted by Gasteiger charge is 2.32. The summed E-state index contributed by atoms with van der Waals surface area (Å²) in [6, 6.07) is 84.5. The summed E-state index contributed by atoms with van der Waals surface area (Å²) in [5, 5.41) is 4.04. The molecule has 8 nitrogen and oxygen atoms in total. The third-order valence-corrected chi connectivity index (χ3v) is 14.7. The molecular weight excluding hydrogens is 893 g/mol. The lowest BCUT2D eigenvalue weighted by Crippen LogP contribution is -2.24. The molecule has 0 aliphatic carbocycles. The fourth-order valence-electron chi connectivity index (χ4n) is 10.8. The summed E-state index contributed by atoms with van der Waals surface area (Å²) in [5.41, 5.74) is 16.8. The van der Waals surface area contributed by atoms with E-state index in [4.69, 9.17) is 0 Å². The number of anilines is 12. The van der Waals surface area contributed by atoms with Gasteiger partial charge in [0.05, 0.1) is 45.5 Å². The highest BCUT2D eigenvalue weighted by molar-refractivity contribution is 7.88. The monoisotopic (exact) mass is 932 g/mol. The van der Waals surface area contributed by atoms with E-state index >= 15 is 0 Å². The predicted molar refractivity (Wildman–Crippen MR) is 289 cm³/mol. The van der Waals surface area contributed by atoms with E-state index in [9.17, 15) is 8.42 Å². The topological polar surface area (TPSA) is 71.8 Å². The average Bonchev–Trinajstić information content (AvgIpc) is 3.77. The van der Waals surface area contributed by atoms with Crippen LogP contribution in [0.2, 0.25) is 0 Å². The molecule has 3 aliphatic heterocycles. The third kappa shape index (κ3) is 6.55. The number of fused-ring (bicyclic) bond motifs is 10. The van der Waals surface area contributed by atoms with Crippen LogP contribution in [0, 0.1) is 0 Å². The quantitative estimate of drug-likeness (QED) is 0.155.